The summed E-state index contributed by atoms with van der Waals surface area (Å²) in [6.45, 7) is 2.79. The van der Waals surface area contributed by atoms with Gasteiger partial charge in [0.25, 0.3) is 15.0 Å². The molecule has 0 unspecified atom stereocenters. The van der Waals surface area contributed by atoms with Crippen molar-refractivity contribution < 1.29 is 22.3 Å². The maximum atomic E-state index is 13.5. The van der Waals surface area contributed by atoms with Crippen LogP contribution >= 0.6 is 10.7 Å². The third-order valence-corrected chi connectivity index (χ3v) is 3.55. The maximum absolute atomic E-state index is 13.5. The van der Waals surface area contributed by atoms with Crippen LogP contribution in [0.5, 0.6) is 0 Å². The molecular weight excluding hydrogens is 297 g/mol. The number of carbonyl (C=O) groups excluding carboxylic acids is 1. The highest BCUT2D eigenvalue weighted by Crippen LogP contribution is 2.18. The summed E-state index contributed by atoms with van der Waals surface area (Å²) in [5.41, 5.74) is -0.377. The van der Waals surface area contributed by atoms with Crippen LogP contribution in [-0.2, 0) is 13.8 Å². The number of carbonyl (C=O) groups is 1. The second-order valence-corrected chi connectivity index (χ2v) is 6.10. The highest BCUT2D eigenvalue weighted by atomic mass is 35.7. The molecule has 0 aromatic heterocycles. The summed E-state index contributed by atoms with van der Waals surface area (Å²) >= 11 is 0. The van der Waals surface area contributed by atoms with Crippen molar-refractivity contribution in [2.24, 2.45) is 0 Å². The molecule has 0 bridgehead atoms. The molecule has 1 aromatic carbocycles. The second kappa shape index (κ2) is 6.83. The first-order chi connectivity index (χ1) is 8.86. The van der Waals surface area contributed by atoms with Gasteiger partial charge in [-0.05, 0) is 25.1 Å². The number of halogens is 2. The molecule has 0 fully saturated rings. The Kier molecular flexibility index (Phi) is 5.71. The number of benzene rings is 1. The molecular formula is C11H13ClFNO4S. The number of amides is 1. The van der Waals surface area contributed by atoms with E-state index in [4.69, 9.17) is 15.4 Å². The van der Waals surface area contributed by atoms with Gasteiger partial charge < -0.3 is 10.1 Å². The molecule has 0 heterocycles. The van der Waals surface area contributed by atoms with Crippen molar-refractivity contribution in [3.05, 3.63) is 29.6 Å². The summed E-state index contributed by atoms with van der Waals surface area (Å²) < 4.78 is 40.7. The molecule has 1 aromatic rings. The van der Waals surface area contributed by atoms with Crippen molar-refractivity contribution in [3.63, 3.8) is 0 Å². The molecule has 0 spiro atoms. The zero-order valence-corrected chi connectivity index (χ0v) is 11.7. The molecule has 1 amide bonds. The summed E-state index contributed by atoms with van der Waals surface area (Å²) in [6, 6.07) is 2.77. The lowest BCUT2D eigenvalue weighted by Crippen LogP contribution is -2.28. The van der Waals surface area contributed by atoms with Crippen LogP contribution in [0.3, 0.4) is 0 Å². The van der Waals surface area contributed by atoms with Crippen LogP contribution in [0, 0.1) is 5.82 Å². The molecule has 1 rings (SSSR count). The van der Waals surface area contributed by atoms with Crippen molar-refractivity contribution in [2.75, 3.05) is 19.8 Å². The Bertz CT molecular complexity index is 562. The minimum absolute atomic E-state index is 0.198. The Balaban J connectivity index is 2.84. The third kappa shape index (κ3) is 4.77. The van der Waals surface area contributed by atoms with E-state index in [0.717, 1.165) is 18.2 Å². The predicted molar refractivity (Wildman–Crippen MR) is 68.3 cm³/mol. The van der Waals surface area contributed by atoms with Crippen LogP contribution in [0.2, 0.25) is 0 Å². The summed E-state index contributed by atoms with van der Waals surface area (Å²) in [4.78, 5) is 11.3. The molecule has 0 aliphatic rings. The Labute approximate surface area is 115 Å². The molecule has 8 heteroatoms. The topological polar surface area (TPSA) is 72.5 Å². The molecule has 19 heavy (non-hydrogen) atoms. The van der Waals surface area contributed by atoms with Gasteiger partial charge in [-0.15, -0.1) is 0 Å². The minimum Gasteiger partial charge on any atom is -0.380 e. The van der Waals surface area contributed by atoms with Crippen molar-refractivity contribution in [1.82, 2.24) is 5.32 Å². The fraction of sp³-hybridized carbons (Fsp3) is 0.364. The highest BCUT2D eigenvalue weighted by Gasteiger charge is 2.17. The number of hydrogen-bond donors (Lipinski definition) is 1. The van der Waals surface area contributed by atoms with Gasteiger partial charge in [0.15, 0.2) is 0 Å². The van der Waals surface area contributed by atoms with Gasteiger partial charge in [-0.2, -0.15) is 0 Å². The monoisotopic (exact) mass is 309 g/mol. The third-order valence-electron chi connectivity index (χ3n) is 2.20. The standard InChI is InChI=1S/C11H13ClFNO4S/c1-2-18-6-5-14-11(15)9-7-8(19(12,16)17)3-4-10(9)13/h3-4,7H,2,5-6H2,1H3,(H,14,15). The molecule has 106 valence electrons. The molecule has 1 N–H and O–H groups in total. The summed E-state index contributed by atoms with van der Waals surface area (Å²) in [6.07, 6.45) is 0. The van der Waals surface area contributed by atoms with E-state index in [2.05, 4.69) is 5.32 Å². The van der Waals surface area contributed by atoms with Gasteiger partial charge in [0.1, 0.15) is 5.82 Å². The van der Waals surface area contributed by atoms with Gasteiger partial charge in [0, 0.05) is 23.8 Å². The van der Waals surface area contributed by atoms with Gasteiger partial charge in [-0.1, -0.05) is 0 Å². The number of ether oxygens (including phenoxy) is 1. The van der Waals surface area contributed by atoms with Crippen LogP contribution in [0.25, 0.3) is 0 Å². The van der Waals surface area contributed by atoms with Gasteiger partial charge in [-0.3, -0.25) is 4.79 Å². The molecule has 0 saturated carbocycles. The van der Waals surface area contributed by atoms with Gasteiger partial charge in [-0.25, -0.2) is 12.8 Å². The summed E-state index contributed by atoms with van der Waals surface area (Å²) in [7, 11) is 1.13. The van der Waals surface area contributed by atoms with E-state index >= 15 is 0 Å². The first kappa shape index (κ1) is 15.9. The van der Waals surface area contributed by atoms with E-state index < -0.39 is 20.8 Å². The lowest BCUT2D eigenvalue weighted by Gasteiger charge is -2.07. The van der Waals surface area contributed by atoms with Crippen LogP contribution < -0.4 is 5.32 Å². The molecule has 0 aliphatic carbocycles. The number of rotatable bonds is 6. The van der Waals surface area contributed by atoms with Gasteiger partial charge in [0.2, 0.25) is 0 Å². The summed E-state index contributed by atoms with van der Waals surface area (Å²) in [5, 5.41) is 2.41. The normalized spacial score (nSPS) is 11.3. The highest BCUT2D eigenvalue weighted by molar-refractivity contribution is 8.13. The Morgan fingerprint density at radius 2 is 2.16 bits per heavy atom. The minimum atomic E-state index is -4.00. The number of nitrogens with one attached hydrogen (secondary N) is 1. The zero-order chi connectivity index (χ0) is 14.5. The average Bonchev–Trinajstić information content (AvgIpc) is 2.33. The van der Waals surface area contributed by atoms with E-state index in [1.165, 1.54) is 0 Å². The lowest BCUT2D eigenvalue weighted by molar-refractivity contribution is 0.0918. The van der Waals surface area contributed by atoms with Crippen LogP contribution in [0.15, 0.2) is 23.1 Å². The average molecular weight is 310 g/mol. The van der Waals surface area contributed by atoms with E-state index in [9.17, 15) is 17.6 Å². The first-order valence-electron chi connectivity index (χ1n) is 5.46. The van der Waals surface area contributed by atoms with Crippen molar-refractivity contribution in [2.45, 2.75) is 11.8 Å². The van der Waals surface area contributed by atoms with Crippen molar-refractivity contribution in [3.8, 4) is 0 Å². The van der Waals surface area contributed by atoms with Crippen molar-refractivity contribution in [1.29, 1.82) is 0 Å². The van der Waals surface area contributed by atoms with Crippen LogP contribution in [0.4, 0.5) is 4.39 Å². The quantitative estimate of drug-likeness (QED) is 0.639. The Morgan fingerprint density at radius 3 is 2.74 bits per heavy atom. The second-order valence-electron chi connectivity index (χ2n) is 3.53. The SMILES string of the molecule is CCOCCNC(=O)c1cc(S(=O)(=O)Cl)ccc1F. The molecule has 0 radical (unpaired) electrons. The Hall–Kier alpha value is -1.18. The molecule has 5 nitrogen and oxygen atoms in total. The van der Waals surface area contributed by atoms with E-state index in [-0.39, 0.29) is 23.6 Å². The largest absolute Gasteiger partial charge is 0.380 e. The smallest absolute Gasteiger partial charge is 0.261 e. The molecule has 0 aliphatic heterocycles. The fourth-order valence-electron chi connectivity index (χ4n) is 1.31. The predicted octanol–water partition coefficient (Wildman–Crippen LogP) is 1.52. The van der Waals surface area contributed by atoms with Crippen LogP contribution in [-0.4, -0.2) is 34.1 Å². The Morgan fingerprint density at radius 1 is 1.47 bits per heavy atom. The van der Waals surface area contributed by atoms with Crippen molar-refractivity contribution >= 4 is 25.6 Å². The zero-order valence-electron chi connectivity index (χ0n) is 10.2. The van der Waals surface area contributed by atoms with Gasteiger partial charge >= 0.3 is 0 Å². The summed E-state index contributed by atoms with van der Waals surface area (Å²) in [5.74, 6) is -1.54. The lowest BCUT2D eigenvalue weighted by atomic mass is 10.2. The molecule has 0 saturated heterocycles. The first-order valence-corrected chi connectivity index (χ1v) is 7.77. The van der Waals surface area contributed by atoms with E-state index in [0.29, 0.717) is 6.61 Å². The van der Waals surface area contributed by atoms with E-state index in [1.807, 2.05) is 0 Å². The number of hydrogen-bond acceptors (Lipinski definition) is 4. The van der Waals surface area contributed by atoms with Gasteiger partial charge in [0.05, 0.1) is 17.1 Å². The van der Waals surface area contributed by atoms with Crippen LogP contribution in [0.1, 0.15) is 17.3 Å². The molecule has 0 atom stereocenters. The maximum Gasteiger partial charge on any atom is 0.261 e. The van der Waals surface area contributed by atoms with E-state index in [1.54, 1.807) is 6.92 Å². The fourth-order valence-corrected chi connectivity index (χ4v) is 2.08.